The van der Waals surface area contributed by atoms with E-state index in [-0.39, 0.29) is 17.6 Å². The lowest BCUT2D eigenvalue weighted by atomic mass is 9.95. The molecule has 1 rings (SSSR count). The Bertz CT molecular complexity index is 444. The van der Waals surface area contributed by atoms with Crippen molar-refractivity contribution in [2.24, 2.45) is 5.92 Å². The van der Waals surface area contributed by atoms with Gasteiger partial charge in [0.1, 0.15) is 5.82 Å². The van der Waals surface area contributed by atoms with Crippen LogP contribution in [0.25, 0.3) is 0 Å². The second kappa shape index (κ2) is 7.88. The first-order valence-electron chi connectivity index (χ1n) is 7.38. The summed E-state index contributed by atoms with van der Waals surface area (Å²) in [4.78, 5) is 12.3. The molecule has 0 radical (unpaired) electrons. The van der Waals surface area contributed by atoms with E-state index >= 15 is 0 Å². The maximum absolute atomic E-state index is 13.8. The smallest absolute Gasteiger partial charge is 0.253 e. The monoisotopic (exact) mass is 280 g/mol. The van der Waals surface area contributed by atoms with E-state index in [2.05, 4.69) is 24.5 Å². The number of carbonyl (C=O) groups is 1. The van der Waals surface area contributed by atoms with E-state index in [4.69, 9.17) is 0 Å². The van der Waals surface area contributed by atoms with E-state index in [0.717, 1.165) is 12.8 Å². The third kappa shape index (κ3) is 3.95. The first-order chi connectivity index (χ1) is 9.54. The number of carbonyl (C=O) groups excluding carboxylic acids is 1. The minimum absolute atomic E-state index is 0.0789. The molecule has 3 nitrogen and oxygen atoms in total. The van der Waals surface area contributed by atoms with Crippen molar-refractivity contribution in [1.82, 2.24) is 5.32 Å². The molecule has 4 heteroatoms. The second-order valence-corrected chi connectivity index (χ2v) is 5.03. The molecule has 2 N–H and O–H groups in total. The van der Waals surface area contributed by atoms with E-state index in [1.54, 1.807) is 12.1 Å². The zero-order chi connectivity index (χ0) is 15.1. The van der Waals surface area contributed by atoms with Gasteiger partial charge in [0.25, 0.3) is 5.91 Å². The number of para-hydroxylation sites is 1. The van der Waals surface area contributed by atoms with Gasteiger partial charge in [-0.15, -0.1) is 0 Å². The fraction of sp³-hybridized carbons (Fsp3) is 0.562. The van der Waals surface area contributed by atoms with Gasteiger partial charge in [0.2, 0.25) is 0 Å². The summed E-state index contributed by atoms with van der Waals surface area (Å²) >= 11 is 0. The van der Waals surface area contributed by atoms with Crippen molar-refractivity contribution < 1.29 is 9.18 Å². The van der Waals surface area contributed by atoms with Crippen molar-refractivity contribution in [3.8, 4) is 0 Å². The Morgan fingerprint density at radius 1 is 1.25 bits per heavy atom. The van der Waals surface area contributed by atoms with Crippen LogP contribution < -0.4 is 10.6 Å². The Hall–Kier alpha value is -1.58. The Balaban J connectivity index is 2.89. The molecule has 0 aliphatic heterocycles. The number of benzene rings is 1. The molecule has 0 spiro atoms. The fourth-order valence-corrected chi connectivity index (χ4v) is 2.47. The van der Waals surface area contributed by atoms with Crippen LogP contribution in [0, 0.1) is 11.7 Å². The Kier molecular flexibility index (Phi) is 6.49. The lowest BCUT2D eigenvalue weighted by molar-refractivity contribution is 0.0925. The fourth-order valence-electron chi connectivity index (χ4n) is 2.47. The number of halogens is 1. The van der Waals surface area contributed by atoms with Gasteiger partial charge in [-0.05, 0) is 31.9 Å². The van der Waals surface area contributed by atoms with Gasteiger partial charge < -0.3 is 10.6 Å². The number of amides is 1. The van der Waals surface area contributed by atoms with Crippen molar-refractivity contribution in [3.05, 3.63) is 29.6 Å². The highest BCUT2D eigenvalue weighted by atomic mass is 19.1. The Morgan fingerprint density at radius 2 is 1.90 bits per heavy atom. The summed E-state index contributed by atoms with van der Waals surface area (Å²) in [5.74, 6) is -0.176. The van der Waals surface area contributed by atoms with E-state index in [1.807, 2.05) is 13.8 Å². The first-order valence-corrected chi connectivity index (χ1v) is 7.38. The lowest BCUT2D eigenvalue weighted by Gasteiger charge is -2.23. The van der Waals surface area contributed by atoms with Gasteiger partial charge in [-0.3, -0.25) is 4.79 Å². The summed E-state index contributed by atoms with van der Waals surface area (Å²) in [7, 11) is 0. The molecule has 0 saturated carbocycles. The van der Waals surface area contributed by atoms with E-state index in [9.17, 15) is 9.18 Å². The predicted molar refractivity (Wildman–Crippen MR) is 81.6 cm³/mol. The molecule has 0 aliphatic carbocycles. The van der Waals surface area contributed by atoms with Gasteiger partial charge in [0, 0.05) is 12.6 Å². The van der Waals surface area contributed by atoms with Crippen LogP contribution in [0.5, 0.6) is 0 Å². The molecular weight excluding hydrogens is 255 g/mol. The third-order valence-electron chi connectivity index (χ3n) is 3.73. The quantitative estimate of drug-likeness (QED) is 0.797. The van der Waals surface area contributed by atoms with Crippen molar-refractivity contribution in [2.75, 3.05) is 11.9 Å². The Labute approximate surface area is 121 Å². The number of anilines is 1. The molecule has 0 aliphatic rings. The topological polar surface area (TPSA) is 41.1 Å². The van der Waals surface area contributed by atoms with Gasteiger partial charge in [-0.2, -0.15) is 0 Å². The number of rotatable bonds is 7. The van der Waals surface area contributed by atoms with Crippen LogP contribution in [0.1, 0.15) is 50.9 Å². The molecular formula is C16H25FN2O. The van der Waals surface area contributed by atoms with Crippen molar-refractivity contribution in [1.29, 1.82) is 0 Å². The Morgan fingerprint density at radius 3 is 2.45 bits per heavy atom. The molecule has 1 aromatic carbocycles. The second-order valence-electron chi connectivity index (χ2n) is 5.03. The van der Waals surface area contributed by atoms with Crippen LogP contribution in [-0.4, -0.2) is 18.5 Å². The van der Waals surface area contributed by atoms with Crippen LogP contribution in [-0.2, 0) is 0 Å². The number of hydrogen-bond acceptors (Lipinski definition) is 2. The van der Waals surface area contributed by atoms with Crippen molar-refractivity contribution in [2.45, 2.75) is 46.6 Å². The van der Waals surface area contributed by atoms with E-state index in [1.165, 1.54) is 6.07 Å². The zero-order valence-electron chi connectivity index (χ0n) is 12.8. The average molecular weight is 280 g/mol. The summed E-state index contributed by atoms with van der Waals surface area (Å²) < 4.78 is 13.8. The largest absolute Gasteiger partial charge is 0.382 e. The average Bonchev–Trinajstić information content (AvgIpc) is 2.42. The van der Waals surface area contributed by atoms with Gasteiger partial charge >= 0.3 is 0 Å². The van der Waals surface area contributed by atoms with E-state index in [0.29, 0.717) is 18.0 Å². The molecule has 0 saturated heterocycles. The molecule has 1 aromatic rings. The van der Waals surface area contributed by atoms with Crippen molar-refractivity contribution in [3.63, 3.8) is 0 Å². The van der Waals surface area contributed by atoms with Gasteiger partial charge in [-0.1, -0.05) is 32.8 Å². The van der Waals surface area contributed by atoms with Crippen LogP contribution in [0.3, 0.4) is 0 Å². The third-order valence-corrected chi connectivity index (χ3v) is 3.73. The summed E-state index contributed by atoms with van der Waals surface area (Å²) in [6, 6.07) is 4.65. The summed E-state index contributed by atoms with van der Waals surface area (Å²) in [5.41, 5.74) is 0.647. The summed E-state index contributed by atoms with van der Waals surface area (Å²) in [6.45, 7) is 8.68. The van der Waals surface area contributed by atoms with Gasteiger partial charge in [-0.25, -0.2) is 4.39 Å². The van der Waals surface area contributed by atoms with Crippen LogP contribution in [0.2, 0.25) is 0 Å². The molecule has 0 fully saturated rings. The SMILES string of the molecule is CCNc1c(F)cccc1C(=O)NC(C)C(CC)CC. The summed E-state index contributed by atoms with van der Waals surface area (Å²) in [5, 5.41) is 5.90. The minimum atomic E-state index is -0.394. The van der Waals surface area contributed by atoms with Gasteiger partial charge in [0.05, 0.1) is 11.3 Å². The summed E-state index contributed by atoms with van der Waals surface area (Å²) in [6.07, 6.45) is 2.03. The molecule has 1 unspecified atom stereocenters. The normalized spacial score (nSPS) is 12.3. The highest BCUT2D eigenvalue weighted by molar-refractivity contribution is 5.99. The maximum atomic E-state index is 13.8. The van der Waals surface area contributed by atoms with Crippen LogP contribution >= 0.6 is 0 Å². The van der Waals surface area contributed by atoms with Crippen LogP contribution in [0.4, 0.5) is 10.1 Å². The molecule has 112 valence electrons. The molecule has 0 bridgehead atoms. The van der Waals surface area contributed by atoms with E-state index < -0.39 is 5.82 Å². The highest BCUT2D eigenvalue weighted by Crippen LogP contribution is 2.20. The lowest BCUT2D eigenvalue weighted by Crippen LogP contribution is -2.38. The molecule has 20 heavy (non-hydrogen) atoms. The molecule has 0 aromatic heterocycles. The zero-order valence-corrected chi connectivity index (χ0v) is 12.8. The van der Waals surface area contributed by atoms with Gasteiger partial charge in [0.15, 0.2) is 0 Å². The van der Waals surface area contributed by atoms with Crippen LogP contribution in [0.15, 0.2) is 18.2 Å². The maximum Gasteiger partial charge on any atom is 0.253 e. The highest BCUT2D eigenvalue weighted by Gasteiger charge is 2.19. The first kappa shape index (κ1) is 16.5. The van der Waals surface area contributed by atoms with Crippen molar-refractivity contribution >= 4 is 11.6 Å². The number of nitrogens with one attached hydrogen (secondary N) is 2. The predicted octanol–water partition coefficient (Wildman–Crippen LogP) is 3.81. The molecule has 0 heterocycles. The molecule has 1 amide bonds. The standard InChI is InChI=1S/C16H25FN2O/c1-5-12(6-2)11(4)19-16(20)13-9-8-10-14(17)15(13)18-7-3/h8-12,18H,5-7H2,1-4H3,(H,19,20). The number of hydrogen-bond donors (Lipinski definition) is 2. The minimum Gasteiger partial charge on any atom is -0.382 e. The molecule has 1 atom stereocenters.